The van der Waals surface area contributed by atoms with E-state index in [0.717, 1.165) is 40.0 Å². The number of rotatable bonds is 5. The first-order valence-corrected chi connectivity index (χ1v) is 11.0. The fourth-order valence-corrected chi connectivity index (χ4v) is 4.34. The quantitative estimate of drug-likeness (QED) is 0.509. The molecule has 29 heavy (non-hydrogen) atoms. The standard InChI is InChI=1S/C23H23N3O2S/c1-4-18-6-9-20(10-7-18)29(27,28)25-21-14-19(8-5-17(21)3)22-15-26-12-11-16(2)13-23(26)24-22/h5-15,25H,4H2,1-3H3. The third-order valence-electron chi connectivity index (χ3n) is 5.04. The van der Waals surface area contributed by atoms with E-state index in [1.165, 1.54) is 0 Å². The zero-order valence-corrected chi connectivity index (χ0v) is 17.5. The average molecular weight is 406 g/mol. The summed E-state index contributed by atoms with van der Waals surface area (Å²) in [5.41, 5.74) is 6.15. The number of sulfonamides is 1. The SMILES string of the molecule is CCc1ccc(S(=O)(=O)Nc2cc(-c3cn4ccc(C)cc4n3)ccc2C)cc1. The minimum Gasteiger partial charge on any atom is -0.306 e. The number of pyridine rings is 1. The molecule has 2 aromatic heterocycles. The molecule has 0 saturated heterocycles. The molecule has 0 atom stereocenters. The number of aromatic nitrogens is 2. The van der Waals surface area contributed by atoms with Gasteiger partial charge < -0.3 is 4.40 Å². The minimum absolute atomic E-state index is 0.253. The minimum atomic E-state index is -3.67. The van der Waals surface area contributed by atoms with Crippen molar-refractivity contribution >= 4 is 21.4 Å². The highest BCUT2D eigenvalue weighted by Crippen LogP contribution is 2.27. The largest absolute Gasteiger partial charge is 0.306 e. The third kappa shape index (κ3) is 3.89. The van der Waals surface area contributed by atoms with Gasteiger partial charge in [-0.25, -0.2) is 13.4 Å². The first-order chi connectivity index (χ1) is 13.9. The van der Waals surface area contributed by atoms with Crippen molar-refractivity contribution in [3.8, 4) is 11.3 Å². The van der Waals surface area contributed by atoms with Crippen molar-refractivity contribution in [2.75, 3.05) is 4.72 Å². The third-order valence-corrected chi connectivity index (χ3v) is 6.42. The number of anilines is 1. The molecule has 2 aromatic carbocycles. The van der Waals surface area contributed by atoms with Crippen LogP contribution in [-0.4, -0.2) is 17.8 Å². The molecule has 5 nitrogen and oxygen atoms in total. The molecule has 0 spiro atoms. The van der Waals surface area contributed by atoms with Crippen molar-refractivity contribution in [2.24, 2.45) is 0 Å². The zero-order chi connectivity index (χ0) is 20.6. The molecular formula is C23H23N3O2S. The predicted molar refractivity (Wildman–Crippen MR) is 117 cm³/mol. The van der Waals surface area contributed by atoms with E-state index in [4.69, 9.17) is 0 Å². The summed E-state index contributed by atoms with van der Waals surface area (Å²) in [7, 11) is -3.67. The van der Waals surface area contributed by atoms with Crippen LogP contribution in [0.5, 0.6) is 0 Å². The summed E-state index contributed by atoms with van der Waals surface area (Å²) in [5.74, 6) is 0. The van der Waals surface area contributed by atoms with Crippen molar-refractivity contribution in [3.63, 3.8) is 0 Å². The van der Waals surface area contributed by atoms with Crippen molar-refractivity contribution in [3.05, 3.63) is 83.7 Å². The van der Waals surface area contributed by atoms with Gasteiger partial charge in [-0.3, -0.25) is 4.72 Å². The number of benzene rings is 2. The summed E-state index contributed by atoms with van der Waals surface area (Å²) >= 11 is 0. The van der Waals surface area contributed by atoms with Crippen LogP contribution < -0.4 is 4.72 Å². The molecule has 6 heteroatoms. The fraction of sp³-hybridized carbons (Fsp3) is 0.174. The molecule has 0 aliphatic heterocycles. The number of nitrogens with one attached hydrogen (secondary N) is 1. The number of fused-ring (bicyclic) bond motifs is 1. The topological polar surface area (TPSA) is 63.5 Å². The van der Waals surface area contributed by atoms with Gasteiger partial charge in [0.05, 0.1) is 16.3 Å². The van der Waals surface area contributed by atoms with Crippen LogP contribution in [-0.2, 0) is 16.4 Å². The van der Waals surface area contributed by atoms with Crippen LogP contribution in [0.1, 0.15) is 23.6 Å². The lowest BCUT2D eigenvalue weighted by molar-refractivity contribution is 0.601. The van der Waals surface area contributed by atoms with Gasteiger partial charge in [-0.15, -0.1) is 0 Å². The molecule has 4 aromatic rings. The van der Waals surface area contributed by atoms with Gasteiger partial charge >= 0.3 is 0 Å². The van der Waals surface area contributed by atoms with Crippen molar-refractivity contribution in [1.82, 2.24) is 9.38 Å². The molecule has 4 rings (SSSR count). The Morgan fingerprint density at radius 2 is 1.76 bits per heavy atom. The normalized spacial score (nSPS) is 11.7. The van der Waals surface area contributed by atoms with Crippen LogP contribution in [0.3, 0.4) is 0 Å². The summed E-state index contributed by atoms with van der Waals surface area (Å²) in [6.07, 6.45) is 4.79. The molecule has 0 bridgehead atoms. The van der Waals surface area contributed by atoms with E-state index in [2.05, 4.69) is 9.71 Å². The Balaban J connectivity index is 1.68. The van der Waals surface area contributed by atoms with Crippen LogP contribution in [0.25, 0.3) is 16.9 Å². The molecule has 0 saturated carbocycles. The summed E-state index contributed by atoms with van der Waals surface area (Å²) < 4.78 is 30.4. The van der Waals surface area contributed by atoms with Gasteiger partial charge in [-0.2, -0.15) is 0 Å². The van der Waals surface area contributed by atoms with E-state index >= 15 is 0 Å². The monoisotopic (exact) mass is 405 g/mol. The number of nitrogens with zero attached hydrogens (tertiary/aromatic N) is 2. The second-order valence-electron chi connectivity index (χ2n) is 7.23. The number of aryl methyl sites for hydroxylation is 3. The highest BCUT2D eigenvalue weighted by Gasteiger charge is 2.16. The second kappa shape index (κ2) is 7.37. The molecule has 0 aliphatic rings. The Kier molecular flexibility index (Phi) is 4.88. The number of hydrogen-bond donors (Lipinski definition) is 1. The van der Waals surface area contributed by atoms with E-state index in [9.17, 15) is 8.42 Å². The van der Waals surface area contributed by atoms with Crippen LogP contribution in [0.4, 0.5) is 5.69 Å². The maximum atomic E-state index is 12.8. The molecule has 1 N–H and O–H groups in total. The lowest BCUT2D eigenvalue weighted by Crippen LogP contribution is -2.13. The highest BCUT2D eigenvalue weighted by atomic mass is 32.2. The Morgan fingerprint density at radius 1 is 1.00 bits per heavy atom. The Hall–Kier alpha value is -3.12. The maximum absolute atomic E-state index is 12.8. The van der Waals surface area contributed by atoms with Crippen molar-refractivity contribution < 1.29 is 8.42 Å². The maximum Gasteiger partial charge on any atom is 0.261 e. The van der Waals surface area contributed by atoms with Crippen molar-refractivity contribution in [1.29, 1.82) is 0 Å². The molecule has 0 radical (unpaired) electrons. The first-order valence-electron chi connectivity index (χ1n) is 9.54. The van der Waals surface area contributed by atoms with Crippen LogP contribution in [0.15, 0.2) is 71.9 Å². The van der Waals surface area contributed by atoms with Gasteiger partial charge in [0.15, 0.2) is 0 Å². The van der Waals surface area contributed by atoms with E-state index in [1.54, 1.807) is 12.1 Å². The summed E-state index contributed by atoms with van der Waals surface area (Å²) in [4.78, 5) is 4.93. The number of imidazole rings is 1. The lowest BCUT2D eigenvalue weighted by Gasteiger charge is -2.12. The predicted octanol–water partition coefficient (Wildman–Crippen LogP) is 4.98. The molecule has 2 heterocycles. The molecule has 0 fully saturated rings. The zero-order valence-electron chi connectivity index (χ0n) is 16.7. The van der Waals surface area contributed by atoms with Crippen LogP contribution in [0.2, 0.25) is 0 Å². The van der Waals surface area contributed by atoms with Crippen molar-refractivity contribution in [2.45, 2.75) is 32.1 Å². The average Bonchev–Trinajstić information content (AvgIpc) is 3.12. The molecule has 0 unspecified atom stereocenters. The molecule has 148 valence electrons. The van der Waals surface area contributed by atoms with Gasteiger partial charge in [0.25, 0.3) is 10.0 Å². The van der Waals surface area contributed by atoms with E-state index < -0.39 is 10.0 Å². The van der Waals surface area contributed by atoms with Gasteiger partial charge in [0.1, 0.15) is 5.65 Å². The highest BCUT2D eigenvalue weighted by molar-refractivity contribution is 7.92. The smallest absolute Gasteiger partial charge is 0.261 e. The molecule has 0 amide bonds. The second-order valence-corrected chi connectivity index (χ2v) is 8.91. The number of hydrogen-bond acceptors (Lipinski definition) is 3. The fourth-order valence-electron chi connectivity index (χ4n) is 3.22. The Morgan fingerprint density at radius 3 is 2.48 bits per heavy atom. The van der Waals surface area contributed by atoms with E-state index in [-0.39, 0.29) is 4.90 Å². The Labute approximate surface area is 171 Å². The van der Waals surface area contributed by atoms with Gasteiger partial charge in [0, 0.05) is 18.0 Å². The molecular weight excluding hydrogens is 382 g/mol. The summed E-state index contributed by atoms with van der Waals surface area (Å²) in [5, 5.41) is 0. The van der Waals surface area contributed by atoms with E-state index in [0.29, 0.717) is 5.69 Å². The summed E-state index contributed by atoms with van der Waals surface area (Å²) in [6, 6.07) is 16.7. The van der Waals surface area contributed by atoms with Crippen LogP contribution in [0, 0.1) is 13.8 Å². The van der Waals surface area contributed by atoms with E-state index in [1.807, 2.05) is 80.0 Å². The van der Waals surface area contributed by atoms with Gasteiger partial charge in [-0.05, 0) is 67.3 Å². The first kappa shape index (κ1) is 19.2. The molecule has 0 aliphatic carbocycles. The van der Waals surface area contributed by atoms with Gasteiger partial charge in [0.2, 0.25) is 0 Å². The summed E-state index contributed by atoms with van der Waals surface area (Å²) in [6.45, 7) is 5.95. The van der Waals surface area contributed by atoms with Gasteiger partial charge in [-0.1, -0.05) is 31.2 Å². The Bertz CT molecular complexity index is 1290. The lowest BCUT2D eigenvalue weighted by atomic mass is 10.1. The van der Waals surface area contributed by atoms with Crippen LogP contribution >= 0.6 is 0 Å².